The largest absolute Gasteiger partial charge is 0.326 e. The predicted molar refractivity (Wildman–Crippen MR) is 150 cm³/mol. The Hall–Kier alpha value is -2.92. The van der Waals surface area contributed by atoms with E-state index in [0.717, 1.165) is 11.1 Å². The van der Waals surface area contributed by atoms with Crippen molar-refractivity contribution in [1.29, 1.82) is 0 Å². The first-order chi connectivity index (χ1) is 17.9. The van der Waals surface area contributed by atoms with Crippen molar-refractivity contribution in [1.82, 2.24) is 4.31 Å². The van der Waals surface area contributed by atoms with Crippen LogP contribution in [0.3, 0.4) is 0 Å². The lowest BCUT2D eigenvalue weighted by molar-refractivity contribution is -0.120. The van der Waals surface area contributed by atoms with Crippen molar-refractivity contribution < 1.29 is 21.6 Å². The van der Waals surface area contributed by atoms with Crippen LogP contribution >= 0.6 is 11.6 Å². The van der Waals surface area contributed by atoms with E-state index in [-0.39, 0.29) is 35.6 Å². The number of hydrogen-bond acceptors (Lipinski definition) is 5. The Balaban J connectivity index is 1.33. The van der Waals surface area contributed by atoms with Gasteiger partial charge < -0.3 is 5.32 Å². The van der Waals surface area contributed by atoms with E-state index in [4.69, 9.17) is 11.6 Å². The molecule has 1 heterocycles. The smallest absolute Gasteiger partial charge is 0.261 e. The van der Waals surface area contributed by atoms with Crippen LogP contribution in [0.15, 0.2) is 71.6 Å². The Bertz CT molecular complexity index is 1530. The Labute approximate surface area is 229 Å². The average Bonchev–Trinajstić information content (AvgIpc) is 2.87. The Kier molecular flexibility index (Phi) is 8.46. The Morgan fingerprint density at radius 3 is 2.26 bits per heavy atom. The number of hydrogen-bond donors (Lipinski definition) is 2. The molecule has 1 aliphatic heterocycles. The number of sulfonamides is 2. The number of nitrogens with zero attached hydrogens (tertiary/aromatic N) is 1. The molecule has 11 heteroatoms. The van der Waals surface area contributed by atoms with Crippen molar-refractivity contribution in [2.75, 3.05) is 23.1 Å². The van der Waals surface area contributed by atoms with Gasteiger partial charge in [-0.1, -0.05) is 47.5 Å². The average molecular weight is 576 g/mol. The molecule has 202 valence electrons. The zero-order chi connectivity index (χ0) is 27.5. The van der Waals surface area contributed by atoms with E-state index in [1.807, 2.05) is 25.1 Å². The SMILES string of the molecule is Cc1cccc(CS(=O)(=O)N2CCC(C(=O)Nc3ccc(S(=O)(=O)Nc4cccc(Cl)c4C)cc3)CC2)c1. The molecule has 0 aliphatic carbocycles. The third-order valence-electron chi connectivity index (χ3n) is 6.59. The second kappa shape index (κ2) is 11.4. The van der Waals surface area contributed by atoms with Gasteiger partial charge in [0.1, 0.15) is 0 Å². The van der Waals surface area contributed by atoms with Gasteiger partial charge >= 0.3 is 0 Å². The minimum absolute atomic E-state index is 0.0435. The van der Waals surface area contributed by atoms with Crippen LogP contribution in [0, 0.1) is 19.8 Å². The number of amides is 1. The van der Waals surface area contributed by atoms with Gasteiger partial charge in [-0.05, 0) is 74.2 Å². The second-order valence-corrected chi connectivity index (χ2v) is 13.5. The van der Waals surface area contributed by atoms with Crippen molar-refractivity contribution in [3.05, 3.63) is 88.4 Å². The quantitative estimate of drug-likeness (QED) is 0.395. The summed E-state index contributed by atoms with van der Waals surface area (Å²) in [6.07, 6.45) is 0.822. The monoisotopic (exact) mass is 575 g/mol. The molecule has 2 N–H and O–H groups in total. The van der Waals surface area contributed by atoms with Gasteiger partial charge in [-0.2, -0.15) is 0 Å². The first-order valence-electron chi connectivity index (χ1n) is 12.2. The zero-order valence-electron chi connectivity index (χ0n) is 21.1. The number of halogens is 1. The van der Waals surface area contributed by atoms with Crippen LogP contribution in [-0.2, 0) is 30.6 Å². The molecular weight excluding hydrogens is 546 g/mol. The summed E-state index contributed by atoms with van der Waals surface area (Å²) in [4.78, 5) is 12.9. The van der Waals surface area contributed by atoms with Crippen molar-refractivity contribution in [3.8, 4) is 0 Å². The molecule has 3 aromatic rings. The summed E-state index contributed by atoms with van der Waals surface area (Å²) < 4.78 is 55.3. The number of carbonyl (C=O) groups is 1. The van der Waals surface area contributed by atoms with E-state index in [1.165, 1.54) is 28.6 Å². The van der Waals surface area contributed by atoms with Crippen molar-refractivity contribution in [2.24, 2.45) is 5.92 Å². The summed E-state index contributed by atoms with van der Waals surface area (Å²) in [5, 5.41) is 3.27. The number of piperidine rings is 1. The van der Waals surface area contributed by atoms with Crippen LogP contribution in [0.2, 0.25) is 5.02 Å². The first kappa shape index (κ1) is 28.1. The van der Waals surface area contributed by atoms with Crippen LogP contribution in [0.25, 0.3) is 0 Å². The molecule has 0 unspecified atom stereocenters. The molecular formula is C27H30ClN3O5S2. The van der Waals surface area contributed by atoms with Crippen molar-refractivity contribution >= 4 is 48.9 Å². The molecule has 0 bridgehead atoms. The van der Waals surface area contributed by atoms with E-state index >= 15 is 0 Å². The van der Waals surface area contributed by atoms with Crippen LogP contribution in [0.4, 0.5) is 11.4 Å². The first-order valence-corrected chi connectivity index (χ1v) is 15.6. The molecule has 0 saturated carbocycles. The summed E-state index contributed by atoms with van der Waals surface area (Å²) in [5.41, 5.74) is 3.22. The summed E-state index contributed by atoms with van der Waals surface area (Å²) in [6.45, 7) is 4.20. The highest BCUT2D eigenvalue weighted by Crippen LogP contribution is 2.27. The van der Waals surface area contributed by atoms with Gasteiger partial charge in [-0.3, -0.25) is 9.52 Å². The maximum atomic E-state index is 12.9. The molecule has 0 radical (unpaired) electrons. The van der Waals surface area contributed by atoms with Gasteiger partial charge in [-0.25, -0.2) is 21.1 Å². The topological polar surface area (TPSA) is 113 Å². The van der Waals surface area contributed by atoms with Gasteiger partial charge in [0, 0.05) is 29.7 Å². The lowest BCUT2D eigenvalue weighted by Gasteiger charge is -2.30. The van der Waals surface area contributed by atoms with Crippen LogP contribution in [0.5, 0.6) is 0 Å². The summed E-state index contributed by atoms with van der Waals surface area (Å²) in [5.74, 6) is -0.618. The van der Waals surface area contributed by atoms with Gasteiger partial charge in [0.15, 0.2) is 0 Å². The van der Waals surface area contributed by atoms with Crippen molar-refractivity contribution in [3.63, 3.8) is 0 Å². The number of aryl methyl sites for hydroxylation is 1. The molecule has 8 nitrogen and oxygen atoms in total. The predicted octanol–water partition coefficient (Wildman–Crippen LogP) is 4.94. The highest BCUT2D eigenvalue weighted by Gasteiger charge is 2.31. The van der Waals surface area contributed by atoms with E-state index in [9.17, 15) is 21.6 Å². The lowest BCUT2D eigenvalue weighted by atomic mass is 9.97. The molecule has 4 rings (SSSR count). The number of nitrogens with one attached hydrogen (secondary N) is 2. The number of carbonyl (C=O) groups excluding carboxylic acids is 1. The minimum atomic E-state index is -3.85. The fraction of sp³-hybridized carbons (Fsp3) is 0.296. The molecule has 3 aromatic carbocycles. The normalized spacial score (nSPS) is 15.2. The molecule has 0 aromatic heterocycles. The number of anilines is 2. The second-order valence-electron chi connectivity index (χ2n) is 9.45. The van der Waals surface area contributed by atoms with E-state index in [0.29, 0.717) is 34.8 Å². The maximum Gasteiger partial charge on any atom is 0.261 e. The van der Waals surface area contributed by atoms with Gasteiger partial charge in [0.05, 0.1) is 16.3 Å². The fourth-order valence-electron chi connectivity index (χ4n) is 4.38. The molecule has 1 aliphatic rings. The number of benzene rings is 3. The number of rotatable bonds is 8. The maximum absolute atomic E-state index is 12.9. The molecule has 0 atom stereocenters. The summed E-state index contributed by atoms with van der Waals surface area (Å²) in [6, 6.07) is 18.3. The third kappa shape index (κ3) is 6.74. The van der Waals surface area contributed by atoms with Crippen LogP contribution in [-0.4, -0.2) is 40.1 Å². The van der Waals surface area contributed by atoms with Gasteiger partial charge in [0.25, 0.3) is 10.0 Å². The van der Waals surface area contributed by atoms with Gasteiger partial charge in [-0.15, -0.1) is 0 Å². The Morgan fingerprint density at radius 1 is 0.947 bits per heavy atom. The van der Waals surface area contributed by atoms with E-state index in [1.54, 1.807) is 31.2 Å². The zero-order valence-corrected chi connectivity index (χ0v) is 23.5. The Morgan fingerprint density at radius 2 is 1.61 bits per heavy atom. The van der Waals surface area contributed by atoms with Crippen LogP contribution < -0.4 is 10.0 Å². The molecule has 1 fully saturated rings. The lowest BCUT2D eigenvalue weighted by Crippen LogP contribution is -2.41. The van der Waals surface area contributed by atoms with Crippen molar-refractivity contribution in [2.45, 2.75) is 37.3 Å². The third-order valence-corrected chi connectivity index (χ3v) is 10.2. The highest BCUT2D eigenvalue weighted by molar-refractivity contribution is 7.92. The molecule has 38 heavy (non-hydrogen) atoms. The van der Waals surface area contributed by atoms with E-state index in [2.05, 4.69) is 10.0 Å². The molecule has 0 spiro atoms. The standard InChI is InChI=1S/C27H30ClN3O5S2/c1-19-5-3-6-21(17-19)18-37(33,34)31-15-13-22(14-16-31)27(32)29-23-9-11-24(12-10-23)38(35,36)30-26-8-4-7-25(28)20(26)2/h3-12,17,22,30H,13-16,18H2,1-2H3,(H,29,32). The highest BCUT2D eigenvalue weighted by atomic mass is 35.5. The minimum Gasteiger partial charge on any atom is -0.326 e. The van der Waals surface area contributed by atoms with E-state index < -0.39 is 20.0 Å². The summed E-state index contributed by atoms with van der Waals surface area (Å²) in [7, 11) is -7.32. The summed E-state index contributed by atoms with van der Waals surface area (Å²) >= 11 is 6.08. The van der Waals surface area contributed by atoms with Crippen LogP contribution in [0.1, 0.15) is 29.5 Å². The van der Waals surface area contributed by atoms with Gasteiger partial charge in [0.2, 0.25) is 15.9 Å². The molecule has 1 amide bonds. The fourth-order valence-corrected chi connectivity index (χ4v) is 7.23. The molecule has 1 saturated heterocycles.